The Hall–Kier alpha value is -4.02. The second kappa shape index (κ2) is 11.2. The molecular formula is C23H20ClN5O4S. The molecule has 3 aromatic rings. The van der Waals surface area contributed by atoms with Gasteiger partial charge in [0, 0.05) is 25.8 Å². The number of hydrazone groups is 1. The van der Waals surface area contributed by atoms with Crippen molar-refractivity contribution in [1.82, 2.24) is 10.7 Å². The summed E-state index contributed by atoms with van der Waals surface area (Å²) in [4.78, 5) is 38.3. The SMILES string of the molecule is CN(C)c1ccc(/C=C(/NC(=O)c2ccccc2Cl)C(=O)N/N=C\c2ccc([N+](=O)[O-])s2)cc1. The number of hydrogen-bond acceptors (Lipinski definition) is 7. The van der Waals surface area contributed by atoms with Gasteiger partial charge in [-0.25, -0.2) is 5.43 Å². The fourth-order valence-electron chi connectivity index (χ4n) is 2.75. The van der Waals surface area contributed by atoms with Crippen molar-refractivity contribution in [3.05, 3.63) is 97.5 Å². The Bertz CT molecular complexity index is 1270. The molecule has 0 spiro atoms. The molecule has 3 rings (SSSR count). The second-order valence-corrected chi connectivity index (χ2v) is 8.61. The first kappa shape index (κ1) is 24.6. The van der Waals surface area contributed by atoms with Gasteiger partial charge < -0.3 is 10.2 Å². The van der Waals surface area contributed by atoms with E-state index in [4.69, 9.17) is 11.6 Å². The summed E-state index contributed by atoms with van der Waals surface area (Å²) >= 11 is 7.02. The summed E-state index contributed by atoms with van der Waals surface area (Å²) in [5.41, 5.74) is 4.13. The van der Waals surface area contributed by atoms with E-state index in [0.717, 1.165) is 17.0 Å². The summed E-state index contributed by atoms with van der Waals surface area (Å²) in [5.74, 6) is -1.24. The minimum absolute atomic E-state index is 0.0402. The molecule has 0 unspecified atom stereocenters. The number of carbonyl (C=O) groups excluding carboxylic acids is 2. The lowest BCUT2D eigenvalue weighted by atomic mass is 10.1. The van der Waals surface area contributed by atoms with Crippen molar-refractivity contribution < 1.29 is 14.5 Å². The number of hydrogen-bond donors (Lipinski definition) is 2. The van der Waals surface area contributed by atoms with E-state index in [9.17, 15) is 19.7 Å². The number of nitrogens with one attached hydrogen (secondary N) is 2. The first-order valence-electron chi connectivity index (χ1n) is 9.87. The molecule has 11 heteroatoms. The molecule has 34 heavy (non-hydrogen) atoms. The lowest BCUT2D eigenvalue weighted by molar-refractivity contribution is -0.380. The monoisotopic (exact) mass is 497 g/mol. The Kier molecular flexibility index (Phi) is 8.12. The van der Waals surface area contributed by atoms with E-state index in [-0.39, 0.29) is 21.3 Å². The number of amides is 2. The Morgan fingerprint density at radius 2 is 1.79 bits per heavy atom. The summed E-state index contributed by atoms with van der Waals surface area (Å²) in [6.45, 7) is 0. The minimum Gasteiger partial charge on any atom is -0.378 e. The third kappa shape index (κ3) is 6.50. The highest BCUT2D eigenvalue weighted by molar-refractivity contribution is 7.16. The van der Waals surface area contributed by atoms with Gasteiger partial charge in [-0.3, -0.25) is 19.7 Å². The van der Waals surface area contributed by atoms with E-state index in [1.54, 1.807) is 36.4 Å². The second-order valence-electron chi connectivity index (χ2n) is 7.11. The number of halogens is 1. The molecule has 0 aliphatic carbocycles. The summed E-state index contributed by atoms with van der Waals surface area (Å²) in [5, 5.41) is 17.4. The summed E-state index contributed by atoms with van der Waals surface area (Å²) in [6.07, 6.45) is 2.80. The third-order valence-electron chi connectivity index (χ3n) is 4.48. The van der Waals surface area contributed by atoms with Gasteiger partial charge in [0.25, 0.3) is 11.8 Å². The smallest absolute Gasteiger partial charge is 0.324 e. The zero-order chi connectivity index (χ0) is 24.7. The van der Waals surface area contributed by atoms with Gasteiger partial charge in [0.1, 0.15) is 5.70 Å². The number of carbonyl (C=O) groups is 2. The van der Waals surface area contributed by atoms with Crippen LogP contribution in [-0.4, -0.2) is 37.0 Å². The Morgan fingerprint density at radius 1 is 1.09 bits per heavy atom. The zero-order valence-electron chi connectivity index (χ0n) is 18.2. The molecule has 1 heterocycles. The van der Waals surface area contributed by atoms with Gasteiger partial charge in [0.15, 0.2) is 0 Å². The topological polar surface area (TPSA) is 117 Å². The predicted octanol–water partition coefficient (Wildman–Crippen LogP) is 4.30. The predicted molar refractivity (Wildman–Crippen MR) is 134 cm³/mol. The highest BCUT2D eigenvalue weighted by atomic mass is 35.5. The number of thiophene rings is 1. The molecule has 0 aliphatic heterocycles. The van der Waals surface area contributed by atoms with Crippen LogP contribution in [0.4, 0.5) is 10.7 Å². The molecule has 0 fully saturated rings. The normalized spacial score (nSPS) is 11.3. The van der Waals surface area contributed by atoms with Crippen LogP contribution < -0.4 is 15.6 Å². The van der Waals surface area contributed by atoms with Crippen molar-refractivity contribution in [1.29, 1.82) is 0 Å². The molecule has 0 bridgehead atoms. The number of benzene rings is 2. The fourth-order valence-corrected chi connectivity index (χ4v) is 3.67. The quantitative estimate of drug-likeness (QED) is 0.208. The number of nitro groups is 1. The molecule has 2 aromatic carbocycles. The van der Waals surface area contributed by atoms with Gasteiger partial charge in [0.05, 0.1) is 26.6 Å². The van der Waals surface area contributed by atoms with Gasteiger partial charge >= 0.3 is 5.00 Å². The largest absolute Gasteiger partial charge is 0.378 e. The summed E-state index contributed by atoms with van der Waals surface area (Å²) < 4.78 is 0. The molecule has 0 saturated carbocycles. The lowest BCUT2D eigenvalue weighted by Gasteiger charge is -2.13. The van der Waals surface area contributed by atoms with Crippen molar-refractivity contribution in [2.75, 3.05) is 19.0 Å². The maximum atomic E-state index is 12.8. The average molecular weight is 498 g/mol. The van der Waals surface area contributed by atoms with Crippen LogP contribution in [0, 0.1) is 10.1 Å². The molecule has 9 nitrogen and oxygen atoms in total. The first-order chi connectivity index (χ1) is 16.2. The van der Waals surface area contributed by atoms with Gasteiger partial charge in [-0.15, -0.1) is 0 Å². The number of nitrogens with zero attached hydrogens (tertiary/aromatic N) is 3. The molecule has 1 aromatic heterocycles. The van der Waals surface area contributed by atoms with E-state index in [1.165, 1.54) is 24.4 Å². The van der Waals surface area contributed by atoms with Gasteiger partial charge in [-0.1, -0.05) is 47.2 Å². The van der Waals surface area contributed by atoms with Gasteiger partial charge in [-0.05, 0) is 42.0 Å². The van der Waals surface area contributed by atoms with Gasteiger partial charge in [-0.2, -0.15) is 5.10 Å². The average Bonchev–Trinajstić information content (AvgIpc) is 3.28. The van der Waals surface area contributed by atoms with Crippen LogP contribution >= 0.6 is 22.9 Å². The molecule has 0 atom stereocenters. The van der Waals surface area contributed by atoms with Crippen molar-refractivity contribution in [2.45, 2.75) is 0 Å². The number of rotatable bonds is 8. The minimum atomic E-state index is -0.681. The first-order valence-corrected chi connectivity index (χ1v) is 11.1. The fraction of sp³-hybridized carbons (Fsp3) is 0.0870. The zero-order valence-corrected chi connectivity index (χ0v) is 19.8. The highest BCUT2D eigenvalue weighted by Gasteiger charge is 2.16. The Morgan fingerprint density at radius 3 is 2.41 bits per heavy atom. The standard InChI is InChI=1S/C23H20ClN5O4S/c1-28(2)16-9-7-15(8-10-16)13-20(26-22(30)18-5-3-4-6-19(18)24)23(31)27-25-14-17-11-12-21(34-17)29(32)33/h3-14H,1-2H3,(H,26,30)(H,27,31)/b20-13+,25-14-. The van der Waals surface area contributed by atoms with Crippen LogP contribution in [0.5, 0.6) is 0 Å². The van der Waals surface area contributed by atoms with E-state index in [1.807, 2.05) is 31.1 Å². The number of anilines is 1. The van der Waals surface area contributed by atoms with Crippen LogP contribution in [0.1, 0.15) is 20.8 Å². The van der Waals surface area contributed by atoms with Gasteiger partial charge in [0.2, 0.25) is 0 Å². The third-order valence-corrected chi connectivity index (χ3v) is 5.78. The van der Waals surface area contributed by atoms with E-state index >= 15 is 0 Å². The van der Waals surface area contributed by atoms with Crippen LogP contribution in [0.2, 0.25) is 5.02 Å². The van der Waals surface area contributed by atoms with Crippen LogP contribution in [0.3, 0.4) is 0 Å². The molecule has 2 amide bonds. The van der Waals surface area contributed by atoms with Crippen molar-refractivity contribution in [2.24, 2.45) is 5.10 Å². The summed E-state index contributed by atoms with van der Waals surface area (Å²) in [6, 6.07) is 16.7. The highest BCUT2D eigenvalue weighted by Crippen LogP contribution is 2.22. The van der Waals surface area contributed by atoms with E-state index in [0.29, 0.717) is 10.4 Å². The molecule has 0 radical (unpaired) electrons. The molecule has 0 saturated heterocycles. The molecule has 174 valence electrons. The Balaban J connectivity index is 1.82. The van der Waals surface area contributed by atoms with E-state index < -0.39 is 16.7 Å². The molecule has 2 N–H and O–H groups in total. The van der Waals surface area contributed by atoms with Crippen LogP contribution in [-0.2, 0) is 4.79 Å². The summed E-state index contributed by atoms with van der Waals surface area (Å²) in [7, 11) is 3.82. The van der Waals surface area contributed by atoms with Crippen molar-refractivity contribution >= 4 is 57.7 Å². The molecule has 0 aliphatic rings. The Labute approximate surface area is 204 Å². The maximum absolute atomic E-state index is 12.8. The van der Waals surface area contributed by atoms with Crippen LogP contribution in [0.15, 0.2) is 71.5 Å². The van der Waals surface area contributed by atoms with Crippen molar-refractivity contribution in [3.8, 4) is 0 Å². The molecular weight excluding hydrogens is 478 g/mol. The lowest BCUT2D eigenvalue weighted by Crippen LogP contribution is -2.33. The van der Waals surface area contributed by atoms with Crippen LogP contribution in [0.25, 0.3) is 6.08 Å². The maximum Gasteiger partial charge on any atom is 0.324 e. The van der Waals surface area contributed by atoms with E-state index in [2.05, 4.69) is 15.8 Å². The van der Waals surface area contributed by atoms with Crippen molar-refractivity contribution in [3.63, 3.8) is 0 Å².